The van der Waals surface area contributed by atoms with Gasteiger partial charge in [-0.2, -0.15) is 0 Å². The van der Waals surface area contributed by atoms with Crippen LogP contribution in [-0.4, -0.2) is 27.5 Å². The fraction of sp³-hybridized carbons (Fsp3) is 0.786. The number of rotatable bonds is 5. The maximum absolute atomic E-state index is 10.9. The predicted octanol–water partition coefficient (Wildman–Crippen LogP) is 3.35. The van der Waals surface area contributed by atoms with Gasteiger partial charge in [0.1, 0.15) is 0 Å². The Bertz CT molecular complexity index is 318. The van der Waals surface area contributed by atoms with Crippen molar-refractivity contribution in [2.45, 2.75) is 58.7 Å². The second-order valence-electron chi connectivity index (χ2n) is 5.73. The molecule has 0 aliphatic rings. The van der Waals surface area contributed by atoms with Crippen molar-refractivity contribution >= 4 is 14.3 Å². The van der Waals surface area contributed by atoms with Crippen molar-refractivity contribution < 1.29 is 14.0 Å². The fourth-order valence-corrected chi connectivity index (χ4v) is 2.09. The summed E-state index contributed by atoms with van der Waals surface area (Å²) >= 11 is 0. The Kier molecular flexibility index (Phi) is 7.26. The monoisotopic (exact) mass is 270 g/mol. The lowest BCUT2D eigenvalue weighted by Gasteiger charge is -2.36. The number of esters is 1. The van der Waals surface area contributed by atoms with E-state index in [9.17, 15) is 4.79 Å². The lowest BCUT2D eigenvalue weighted by atomic mass is 10.2. The summed E-state index contributed by atoms with van der Waals surface area (Å²) < 4.78 is 10.7. The molecule has 0 aromatic heterocycles. The van der Waals surface area contributed by atoms with Gasteiger partial charge in [0, 0.05) is 18.9 Å². The molecule has 0 aliphatic heterocycles. The summed E-state index contributed by atoms with van der Waals surface area (Å²) in [7, 11) is -1.64. The first-order valence-corrected chi connectivity index (χ1v) is 9.41. The van der Waals surface area contributed by atoms with E-state index in [-0.39, 0.29) is 5.04 Å². The molecule has 0 aliphatic carbocycles. The molecule has 3 nitrogen and oxygen atoms in total. The molecule has 0 N–H and O–H groups in total. The van der Waals surface area contributed by atoms with Crippen LogP contribution in [0.3, 0.4) is 0 Å². The Hall–Kier alpha value is -0.793. The zero-order chi connectivity index (χ0) is 14.2. The summed E-state index contributed by atoms with van der Waals surface area (Å²) in [6.45, 7) is 14.0. The van der Waals surface area contributed by atoms with Crippen LogP contribution in [0.1, 0.15) is 40.5 Å². The van der Waals surface area contributed by atoms with Crippen molar-refractivity contribution in [1.82, 2.24) is 0 Å². The number of ether oxygens (including phenoxy) is 1. The maximum atomic E-state index is 10.9. The van der Waals surface area contributed by atoms with Crippen LogP contribution in [0.15, 0.2) is 0 Å². The quantitative estimate of drug-likeness (QED) is 0.253. The SMILES string of the molecule is CCOC(=O)C#CCCCO[Si](C)(C)C(C)(C)C. The average molecular weight is 270 g/mol. The van der Waals surface area contributed by atoms with Gasteiger partial charge < -0.3 is 9.16 Å². The first-order valence-electron chi connectivity index (χ1n) is 6.50. The molecule has 0 heterocycles. The summed E-state index contributed by atoms with van der Waals surface area (Å²) in [5.41, 5.74) is 0. The third kappa shape index (κ3) is 6.82. The Morgan fingerprint density at radius 1 is 1.28 bits per heavy atom. The van der Waals surface area contributed by atoms with Crippen LogP contribution in [0.4, 0.5) is 0 Å². The first kappa shape index (κ1) is 17.2. The Labute approximate surface area is 112 Å². The van der Waals surface area contributed by atoms with E-state index >= 15 is 0 Å². The molecule has 0 fully saturated rings. The molecule has 0 saturated carbocycles. The Balaban J connectivity index is 3.85. The highest BCUT2D eigenvalue weighted by Gasteiger charge is 2.36. The van der Waals surface area contributed by atoms with E-state index in [0.717, 1.165) is 6.42 Å². The maximum Gasteiger partial charge on any atom is 0.384 e. The van der Waals surface area contributed by atoms with Gasteiger partial charge in [-0.1, -0.05) is 26.7 Å². The number of unbranched alkanes of at least 4 members (excludes halogenated alkanes) is 1. The van der Waals surface area contributed by atoms with Crippen molar-refractivity contribution in [2.24, 2.45) is 0 Å². The smallest absolute Gasteiger partial charge is 0.384 e. The second kappa shape index (κ2) is 7.60. The second-order valence-corrected chi connectivity index (χ2v) is 10.5. The molecule has 0 radical (unpaired) electrons. The molecular weight excluding hydrogens is 244 g/mol. The number of carbonyl (C=O) groups excluding carboxylic acids is 1. The molecule has 0 aromatic carbocycles. The van der Waals surface area contributed by atoms with E-state index in [0.29, 0.717) is 19.6 Å². The van der Waals surface area contributed by atoms with Crippen LogP contribution >= 0.6 is 0 Å². The molecule has 0 aromatic rings. The summed E-state index contributed by atoms with van der Waals surface area (Å²) in [5.74, 6) is 4.82. The molecule has 0 spiro atoms. The number of hydrogen-bond acceptors (Lipinski definition) is 3. The van der Waals surface area contributed by atoms with Gasteiger partial charge in [0.15, 0.2) is 8.32 Å². The van der Waals surface area contributed by atoms with Gasteiger partial charge in [-0.15, -0.1) is 0 Å². The highest BCUT2D eigenvalue weighted by molar-refractivity contribution is 6.74. The van der Waals surface area contributed by atoms with E-state index in [2.05, 4.69) is 45.7 Å². The fourth-order valence-electron chi connectivity index (χ4n) is 1.01. The number of hydrogen-bond donors (Lipinski definition) is 0. The zero-order valence-corrected chi connectivity index (χ0v) is 13.6. The molecule has 18 heavy (non-hydrogen) atoms. The molecule has 0 bridgehead atoms. The molecule has 0 atom stereocenters. The summed E-state index contributed by atoms with van der Waals surface area (Å²) in [6, 6.07) is 0. The molecule has 104 valence electrons. The van der Waals surface area contributed by atoms with E-state index in [4.69, 9.17) is 9.16 Å². The van der Waals surface area contributed by atoms with Crippen LogP contribution in [-0.2, 0) is 14.0 Å². The van der Waals surface area contributed by atoms with Crippen LogP contribution in [0, 0.1) is 11.8 Å². The first-order chi connectivity index (χ1) is 8.20. The van der Waals surface area contributed by atoms with Crippen molar-refractivity contribution in [1.29, 1.82) is 0 Å². The minimum atomic E-state index is -1.64. The highest BCUT2D eigenvalue weighted by atomic mass is 28.4. The predicted molar refractivity (Wildman–Crippen MR) is 76.8 cm³/mol. The van der Waals surface area contributed by atoms with E-state index < -0.39 is 14.3 Å². The Morgan fingerprint density at radius 3 is 2.39 bits per heavy atom. The van der Waals surface area contributed by atoms with Gasteiger partial charge in [-0.05, 0) is 31.5 Å². The highest BCUT2D eigenvalue weighted by Crippen LogP contribution is 2.36. The van der Waals surface area contributed by atoms with Crippen molar-refractivity contribution in [3.63, 3.8) is 0 Å². The molecule has 0 saturated heterocycles. The van der Waals surface area contributed by atoms with Gasteiger partial charge in [0.05, 0.1) is 6.61 Å². The van der Waals surface area contributed by atoms with Crippen LogP contribution in [0.2, 0.25) is 18.1 Å². The molecule has 0 rings (SSSR count). The molecule has 0 unspecified atom stereocenters. The van der Waals surface area contributed by atoms with Crippen molar-refractivity contribution in [3.05, 3.63) is 0 Å². The summed E-state index contributed by atoms with van der Waals surface area (Å²) in [6.07, 6.45) is 1.53. The molecular formula is C14H26O3Si. The van der Waals surface area contributed by atoms with Crippen LogP contribution in [0.25, 0.3) is 0 Å². The van der Waals surface area contributed by atoms with Crippen LogP contribution in [0.5, 0.6) is 0 Å². The van der Waals surface area contributed by atoms with Gasteiger partial charge in [-0.3, -0.25) is 0 Å². The standard InChI is InChI=1S/C14H26O3Si/c1-7-16-13(15)11-9-8-10-12-17-18(5,6)14(2,3)4/h7-8,10,12H2,1-6H3. The molecule has 4 heteroatoms. The summed E-state index contributed by atoms with van der Waals surface area (Å²) in [4.78, 5) is 10.9. The van der Waals surface area contributed by atoms with Crippen molar-refractivity contribution in [2.75, 3.05) is 13.2 Å². The van der Waals surface area contributed by atoms with E-state index in [1.54, 1.807) is 6.92 Å². The topological polar surface area (TPSA) is 35.5 Å². The third-order valence-corrected chi connectivity index (χ3v) is 7.72. The lowest BCUT2D eigenvalue weighted by Crippen LogP contribution is -2.40. The average Bonchev–Trinajstić information content (AvgIpc) is 2.21. The normalized spacial score (nSPS) is 11.7. The minimum absolute atomic E-state index is 0.240. The van der Waals surface area contributed by atoms with E-state index in [1.807, 2.05) is 0 Å². The van der Waals surface area contributed by atoms with Gasteiger partial charge in [-0.25, -0.2) is 4.79 Å². The Morgan fingerprint density at radius 2 is 1.89 bits per heavy atom. The van der Waals surface area contributed by atoms with Gasteiger partial charge in [0.25, 0.3) is 0 Å². The third-order valence-electron chi connectivity index (χ3n) is 3.18. The van der Waals surface area contributed by atoms with Crippen molar-refractivity contribution in [3.8, 4) is 11.8 Å². The summed E-state index contributed by atoms with van der Waals surface area (Å²) in [5, 5.41) is 0.240. The van der Waals surface area contributed by atoms with Gasteiger partial charge in [0.2, 0.25) is 0 Å². The van der Waals surface area contributed by atoms with Crippen LogP contribution < -0.4 is 0 Å². The molecule has 0 amide bonds. The van der Waals surface area contributed by atoms with E-state index in [1.165, 1.54) is 0 Å². The lowest BCUT2D eigenvalue weighted by molar-refractivity contribution is -0.136. The van der Waals surface area contributed by atoms with Gasteiger partial charge >= 0.3 is 5.97 Å². The number of carbonyl (C=O) groups is 1. The zero-order valence-electron chi connectivity index (χ0n) is 12.6. The largest absolute Gasteiger partial charge is 0.456 e. The minimum Gasteiger partial charge on any atom is -0.456 e.